The van der Waals surface area contributed by atoms with Gasteiger partial charge in [-0.15, -0.1) is 0 Å². The molecular formula is C13H16BrN3O2. The Morgan fingerprint density at radius 1 is 1.53 bits per heavy atom. The van der Waals surface area contributed by atoms with Crippen LogP contribution in [0.3, 0.4) is 0 Å². The van der Waals surface area contributed by atoms with E-state index in [0.29, 0.717) is 18.0 Å². The summed E-state index contributed by atoms with van der Waals surface area (Å²) < 4.78 is 7.86. The van der Waals surface area contributed by atoms with E-state index in [-0.39, 0.29) is 11.9 Å². The van der Waals surface area contributed by atoms with Crippen molar-refractivity contribution in [2.24, 2.45) is 0 Å². The van der Waals surface area contributed by atoms with E-state index in [4.69, 9.17) is 4.52 Å². The fourth-order valence-corrected chi connectivity index (χ4v) is 2.25. The molecule has 0 unspecified atom stereocenters. The van der Waals surface area contributed by atoms with Crippen molar-refractivity contribution in [1.29, 1.82) is 0 Å². The lowest BCUT2D eigenvalue weighted by Crippen LogP contribution is -2.25. The summed E-state index contributed by atoms with van der Waals surface area (Å²) in [7, 11) is 0. The summed E-state index contributed by atoms with van der Waals surface area (Å²) in [5.74, 6) is 0.515. The number of nitrogens with zero attached hydrogens (tertiary/aromatic N) is 2. The summed E-state index contributed by atoms with van der Waals surface area (Å²) in [6.45, 7) is 6.24. The Balaban J connectivity index is 2.07. The van der Waals surface area contributed by atoms with E-state index in [0.717, 1.165) is 10.2 Å². The quantitative estimate of drug-likeness (QED) is 0.939. The maximum atomic E-state index is 12.1. The summed E-state index contributed by atoms with van der Waals surface area (Å²) >= 11 is 3.39. The zero-order valence-corrected chi connectivity index (χ0v) is 12.7. The minimum atomic E-state index is -0.131. The molecule has 0 atom stereocenters. The molecule has 0 aromatic carbocycles. The second-order valence-corrected chi connectivity index (χ2v) is 5.58. The minimum Gasteiger partial charge on any atom is -0.359 e. The van der Waals surface area contributed by atoms with E-state index in [9.17, 15) is 4.79 Å². The van der Waals surface area contributed by atoms with Crippen molar-refractivity contribution in [3.05, 3.63) is 40.0 Å². The normalized spacial score (nSPS) is 11.0. The summed E-state index contributed by atoms with van der Waals surface area (Å²) in [6, 6.07) is 3.83. The highest BCUT2D eigenvalue weighted by Gasteiger charge is 2.15. The highest BCUT2D eigenvalue weighted by atomic mass is 79.9. The molecule has 0 radical (unpaired) electrons. The number of nitrogens with one attached hydrogen (secondary N) is 1. The van der Waals surface area contributed by atoms with Crippen LogP contribution < -0.4 is 5.32 Å². The van der Waals surface area contributed by atoms with Crippen molar-refractivity contribution < 1.29 is 9.32 Å². The van der Waals surface area contributed by atoms with Crippen LogP contribution in [0, 0.1) is 6.92 Å². The summed E-state index contributed by atoms with van der Waals surface area (Å²) in [5.41, 5.74) is 1.43. The monoisotopic (exact) mass is 325 g/mol. The lowest BCUT2D eigenvalue weighted by molar-refractivity contribution is 0.0936. The predicted molar refractivity (Wildman–Crippen MR) is 74.9 cm³/mol. The number of amides is 1. The fourth-order valence-electron chi connectivity index (χ4n) is 1.81. The zero-order valence-electron chi connectivity index (χ0n) is 11.1. The molecule has 0 spiro atoms. The van der Waals surface area contributed by atoms with Gasteiger partial charge in [-0.25, -0.2) is 0 Å². The lowest BCUT2D eigenvalue weighted by atomic mass is 10.3. The molecular weight excluding hydrogens is 310 g/mol. The summed E-state index contributed by atoms with van der Waals surface area (Å²) in [6.07, 6.45) is 1.90. The van der Waals surface area contributed by atoms with E-state index in [1.807, 2.05) is 31.5 Å². The number of halogens is 1. The van der Waals surface area contributed by atoms with Gasteiger partial charge in [0, 0.05) is 22.8 Å². The lowest BCUT2D eigenvalue weighted by Gasteiger charge is -2.12. The number of aromatic nitrogens is 2. The predicted octanol–water partition coefficient (Wildman–Crippen LogP) is 3.06. The maximum absolute atomic E-state index is 12.1. The van der Waals surface area contributed by atoms with E-state index in [2.05, 4.69) is 26.4 Å². The number of rotatable bonds is 4. The van der Waals surface area contributed by atoms with Crippen molar-refractivity contribution in [2.75, 3.05) is 0 Å². The largest absolute Gasteiger partial charge is 0.359 e. The third kappa shape index (κ3) is 3.26. The maximum Gasteiger partial charge on any atom is 0.268 e. The Bertz CT molecular complexity index is 586. The van der Waals surface area contributed by atoms with Gasteiger partial charge in [0.1, 0.15) is 5.69 Å². The van der Waals surface area contributed by atoms with Crippen molar-refractivity contribution in [3.8, 4) is 0 Å². The molecule has 102 valence electrons. The Labute approximate surface area is 120 Å². The van der Waals surface area contributed by atoms with E-state index in [1.165, 1.54) is 0 Å². The van der Waals surface area contributed by atoms with E-state index in [1.54, 1.807) is 12.1 Å². The minimum absolute atomic E-state index is 0.131. The molecule has 2 aromatic heterocycles. The van der Waals surface area contributed by atoms with Gasteiger partial charge < -0.3 is 14.4 Å². The first-order chi connectivity index (χ1) is 8.97. The fraction of sp³-hybridized carbons (Fsp3) is 0.385. The first kappa shape index (κ1) is 13.9. The number of hydrogen-bond acceptors (Lipinski definition) is 3. The number of carbonyl (C=O) groups is 1. The zero-order chi connectivity index (χ0) is 14.0. The van der Waals surface area contributed by atoms with Crippen LogP contribution >= 0.6 is 15.9 Å². The third-order valence-electron chi connectivity index (χ3n) is 2.70. The molecule has 0 saturated carbocycles. The molecule has 0 aliphatic rings. The molecule has 2 aromatic rings. The third-order valence-corrected chi connectivity index (χ3v) is 3.14. The molecule has 0 aliphatic carbocycles. The van der Waals surface area contributed by atoms with Gasteiger partial charge in [0.2, 0.25) is 0 Å². The molecule has 2 rings (SSSR count). The van der Waals surface area contributed by atoms with Gasteiger partial charge in [0.15, 0.2) is 5.76 Å². The second kappa shape index (κ2) is 5.61. The highest BCUT2D eigenvalue weighted by molar-refractivity contribution is 9.10. The van der Waals surface area contributed by atoms with Gasteiger partial charge in [-0.3, -0.25) is 4.79 Å². The van der Waals surface area contributed by atoms with Crippen LogP contribution in [0.2, 0.25) is 0 Å². The van der Waals surface area contributed by atoms with Crippen molar-refractivity contribution in [3.63, 3.8) is 0 Å². The molecule has 1 amide bonds. The molecule has 2 heterocycles. The van der Waals surface area contributed by atoms with E-state index >= 15 is 0 Å². The average molecular weight is 326 g/mol. The first-order valence-electron chi connectivity index (χ1n) is 6.05. The molecule has 1 N–H and O–H groups in total. The summed E-state index contributed by atoms with van der Waals surface area (Å²) in [5, 5.41) is 6.60. The molecule has 0 fully saturated rings. The molecule has 6 heteroatoms. The summed E-state index contributed by atoms with van der Waals surface area (Å²) in [4.78, 5) is 12.1. The van der Waals surface area contributed by atoms with Gasteiger partial charge in [0.05, 0.1) is 12.2 Å². The number of carbonyl (C=O) groups excluding carboxylic acids is 1. The van der Waals surface area contributed by atoms with Crippen molar-refractivity contribution in [1.82, 2.24) is 15.0 Å². The van der Waals surface area contributed by atoms with Crippen LogP contribution in [0.25, 0.3) is 0 Å². The van der Waals surface area contributed by atoms with Crippen LogP contribution in [0.5, 0.6) is 0 Å². The average Bonchev–Trinajstić information content (AvgIpc) is 2.92. The SMILES string of the molecule is Cc1cc(CNC(=O)c2cc(Br)cn2C(C)C)on1. The van der Waals surface area contributed by atoms with Crippen LogP contribution in [-0.2, 0) is 6.54 Å². The van der Waals surface area contributed by atoms with Gasteiger partial charge in [0.25, 0.3) is 5.91 Å². The molecule has 0 bridgehead atoms. The number of hydrogen-bond donors (Lipinski definition) is 1. The second-order valence-electron chi connectivity index (χ2n) is 4.66. The molecule has 0 saturated heterocycles. The van der Waals surface area contributed by atoms with Gasteiger partial charge in [-0.2, -0.15) is 0 Å². The van der Waals surface area contributed by atoms with E-state index < -0.39 is 0 Å². The smallest absolute Gasteiger partial charge is 0.268 e. The number of aryl methyl sites for hydroxylation is 1. The van der Waals surface area contributed by atoms with Crippen LogP contribution in [0.4, 0.5) is 0 Å². The first-order valence-corrected chi connectivity index (χ1v) is 6.84. The van der Waals surface area contributed by atoms with Crippen LogP contribution in [0.1, 0.15) is 41.8 Å². The van der Waals surface area contributed by atoms with Crippen molar-refractivity contribution >= 4 is 21.8 Å². The Morgan fingerprint density at radius 2 is 2.26 bits per heavy atom. The van der Waals surface area contributed by atoms with Gasteiger partial charge >= 0.3 is 0 Å². The Kier molecular flexibility index (Phi) is 4.09. The van der Waals surface area contributed by atoms with Gasteiger partial charge in [-0.05, 0) is 42.8 Å². The molecule has 0 aliphatic heterocycles. The van der Waals surface area contributed by atoms with Gasteiger partial charge in [-0.1, -0.05) is 5.16 Å². The highest BCUT2D eigenvalue weighted by Crippen LogP contribution is 2.19. The van der Waals surface area contributed by atoms with Crippen molar-refractivity contribution in [2.45, 2.75) is 33.4 Å². The standard InChI is InChI=1S/C13H16BrN3O2/c1-8(2)17-7-10(14)5-12(17)13(18)15-6-11-4-9(3)16-19-11/h4-5,7-8H,6H2,1-3H3,(H,15,18). The Hall–Kier alpha value is -1.56. The Morgan fingerprint density at radius 3 is 2.84 bits per heavy atom. The topological polar surface area (TPSA) is 60.1 Å². The molecule has 5 nitrogen and oxygen atoms in total. The van der Waals surface area contributed by atoms with Crippen LogP contribution in [-0.4, -0.2) is 15.6 Å². The van der Waals surface area contributed by atoms with Crippen LogP contribution in [0.15, 0.2) is 27.3 Å². The molecule has 19 heavy (non-hydrogen) atoms.